The van der Waals surface area contributed by atoms with Crippen molar-refractivity contribution in [1.82, 2.24) is 15.7 Å². The third-order valence-electron chi connectivity index (χ3n) is 3.84. The quantitative estimate of drug-likeness (QED) is 0.780. The first-order valence-corrected chi connectivity index (χ1v) is 6.78. The van der Waals surface area contributed by atoms with E-state index in [1.807, 2.05) is 0 Å². The van der Waals surface area contributed by atoms with E-state index in [2.05, 4.69) is 15.7 Å². The number of nitrogens with one attached hydrogen (secondary N) is 1. The van der Waals surface area contributed by atoms with Gasteiger partial charge in [0.05, 0.1) is 17.1 Å². The Labute approximate surface area is 130 Å². The number of carboxylic acid groups (broad SMARTS) is 2. The second kappa shape index (κ2) is 5.24. The van der Waals surface area contributed by atoms with Crippen LogP contribution in [0.3, 0.4) is 0 Å². The van der Waals surface area contributed by atoms with Crippen molar-refractivity contribution in [3.05, 3.63) is 46.3 Å². The van der Waals surface area contributed by atoms with Gasteiger partial charge in [-0.25, -0.2) is 9.59 Å². The minimum atomic E-state index is -1.19. The fraction of sp³-hybridized carbons (Fsp3) is 0.200. The van der Waals surface area contributed by atoms with Gasteiger partial charge in [0.15, 0.2) is 5.58 Å². The van der Waals surface area contributed by atoms with Crippen LogP contribution in [0.2, 0.25) is 0 Å². The van der Waals surface area contributed by atoms with Gasteiger partial charge in [0.2, 0.25) is 0 Å². The van der Waals surface area contributed by atoms with Gasteiger partial charge < -0.3 is 20.1 Å². The second-order valence-electron chi connectivity index (χ2n) is 5.21. The molecule has 0 bridgehead atoms. The molecule has 0 aliphatic carbocycles. The molecule has 2 aromatic rings. The minimum Gasteiger partial charge on any atom is -0.478 e. The van der Waals surface area contributed by atoms with Crippen LogP contribution in [0, 0.1) is 0 Å². The van der Waals surface area contributed by atoms with Crippen LogP contribution in [0.25, 0.3) is 11.1 Å². The number of carbonyl (C=O) groups is 2. The summed E-state index contributed by atoms with van der Waals surface area (Å²) in [5, 5.41) is 29.3. The number of nitrogens with zero attached hydrogens (tertiary/aromatic N) is 2. The highest BCUT2D eigenvalue weighted by molar-refractivity contribution is 5.99. The average molecular weight is 315 g/mol. The smallest absolute Gasteiger partial charge is 0.334 e. The van der Waals surface area contributed by atoms with Crippen molar-refractivity contribution in [3.8, 4) is 0 Å². The molecular formula is C15H13N3O5. The number of dihydropyridines is 1. The molecule has 0 radical (unpaired) electrons. The zero-order valence-electron chi connectivity index (χ0n) is 12.3. The molecule has 8 heteroatoms. The van der Waals surface area contributed by atoms with E-state index in [1.54, 1.807) is 32.0 Å². The van der Waals surface area contributed by atoms with Crippen LogP contribution in [0.1, 0.15) is 25.3 Å². The molecule has 0 saturated heterocycles. The summed E-state index contributed by atoms with van der Waals surface area (Å²) in [6.45, 7) is 3.19. The summed E-state index contributed by atoms with van der Waals surface area (Å²) in [5.74, 6) is -3.36. The molecule has 1 aliphatic rings. The number of hydrogen-bond donors (Lipinski definition) is 3. The number of benzene rings is 1. The van der Waals surface area contributed by atoms with Crippen molar-refractivity contribution in [2.75, 3.05) is 0 Å². The number of aromatic nitrogens is 2. The largest absolute Gasteiger partial charge is 0.478 e. The van der Waals surface area contributed by atoms with E-state index in [0.29, 0.717) is 28.1 Å². The van der Waals surface area contributed by atoms with Gasteiger partial charge in [-0.3, -0.25) is 0 Å². The lowest BCUT2D eigenvalue weighted by atomic mass is 9.80. The summed E-state index contributed by atoms with van der Waals surface area (Å²) < 4.78 is 4.99. The number of carboxylic acids is 2. The highest BCUT2D eigenvalue weighted by atomic mass is 16.5. The van der Waals surface area contributed by atoms with Gasteiger partial charge >= 0.3 is 11.9 Å². The molecular weight excluding hydrogens is 302 g/mol. The van der Waals surface area contributed by atoms with Crippen LogP contribution in [-0.4, -0.2) is 32.5 Å². The van der Waals surface area contributed by atoms with Gasteiger partial charge in [0, 0.05) is 16.7 Å². The van der Waals surface area contributed by atoms with Crippen LogP contribution < -0.4 is 5.32 Å². The summed E-state index contributed by atoms with van der Waals surface area (Å²) in [4.78, 5) is 23.4. The maximum atomic E-state index is 11.7. The van der Waals surface area contributed by atoms with Crippen molar-refractivity contribution in [3.63, 3.8) is 0 Å². The average Bonchev–Trinajstić information content (AvgIpc) is 2.93. The Morgan fingerprint density at radius 2 is 1.74 bits per heavy atom. The molecule has 0 fully saturated rings. The first-order valence-electron chi connectivity index (χ1n) is 6.78. The lowest BCUT2D eigenvalue weighted by Crippen LogP contribution is -2.31. The summed E-state index contributed by atoms with van der Waals surface area (Å²) in [7, 11) is 0. The predicted octanol–water partition coefficient (Wildman–Crippen LogP) is 1.63. The maximum Gasteiger partial charge on any atom is 0.334 e. The van der Waals surface area contributed by atoms with Crippen LogP contribution in [-0.2, 0) is 9.59 Å². The summed E-state index contributed by atoms with van der Waals surface area (Å²) in [6, 6.07) is 4.92. The number of fused-ring (bicyclic) bond motifs is 1. The fourth-order valence-corrected chi connectivity index (χ4v) is 2.93. The Balaban J connectivity index is 2.33. The Morgan fingerprint density at radius 1 is 1.13 bits per heavy atom. The molecule has 1 aliphatic heterocycles. The number of allylic oxidation sites excluding steroid dienone is 2. The third kappa shape index (κ3) is 2.24. The lowest BCUT2D eigenvalue weighted by molar-refractivity contribution is -0.133. The van der Waals surface area contributed by atoms with Gasteiger partial charge in [-0.1, -0.05) is 12.1 Å². The number of rotatable bonds is 3. The summed E-state index contributed by atoms with van der Waals surface area (Å²) in [5.41, 5.74) is 1.84. The molecule has 0 spiro atoms. The molecule has 3 rings (SSSR count). The molecule has 0 unspecified atom stereocenters. The fourth-order valence-electron chi connectivity index (χ4n) is 2.93. The predicted molar refractivity (Wildman–Crippen MR) is 78.4 cm³/mol. The Morgan fingerprint density at radius 3 is 2.30 bits per heavy atom. The van der Waals surface area contributed by atoms with E-state index in [0.717, 1.165) is 0 Å². The van der Waals surface area contributed by atoms with Gasteiger partial charge in [-0.2, -0.15) is 0 Å². The molecule has 23 heavy (non-hydrogen) atoms. The van der Waals surface area contributed by atoms with Crippen LogP contribution in [0.15, 0.2) is 45.3 Å². The van der Waals surface area contributed by atoms with Crippen molar-refractivity contribution in [2.45, 2.75) is 19.8 Å². The van der Waals surface area contributed by atoms with Crippen LogP contribution in [0.4, 0.5) is 0 Å². The van der Waals surface area contributed by atoms with E-state index in [9.17, 15) is 19.8 Å². The monoisotopic (exact) mass is 315 g/mol. The number of hydrogen-bond acceptors (Lipinski definition) is 6. The first kappa shape index (κ1) is 14.8. The van der Waals surface area contributed by atoms with E-state index < -0.39 is 17.9 Å². The lowest BCUT2D eigenvalue weighted by Gasteiger charge is -2.28. The standard InChI is InChI=1S/C15H13N3O5/c1-6-10(14(19)20)12(11(15(21)22)7(2)16-6)8-4-3-5-9-13(8)17-18-23-9/h3-5,12,16H,1-2H3,(H,19,20)(H,21,22). The molecule has 118 valence electrons. The molecule has 0 amide bonds. The number of aliphatic carboxylic acids is 2. The Bertz CT molecular complexity index is 857. The zero-order valence-corrected chi connectivity index (χ0v) is 12.3. The van der Waals surface area contributed by atoms with Gasteiger partial charge in [0.1, 0.15) is 5.52 Å². The van der Waals surface area contributed by atoms with E-state index >= 15 is 0 Å². The van der Waals surface area contributed by atoms with Crippen LogP contribution >= 0.6 is 0 Å². The van der Waals surface area contributed by atoms with E-state index in [4.69, 9.17) is 4.52 Å². The minimum absolute atomic E-state index is 0.0384. The topological polar surface area (TPSA) is 126 Å². The summed E-state index contributed by atoms with van der Waals surface area (Å²) >= 11 is 0. The normalized spacial score (nSPS) is 15.9. The molecule has 8 nitrogen and oxygen atoms in total. The molecule has 3 N–H and O–H groups in total. The Hall–Kier alpha value is -3.16. The second-order valence-corrected chi connectivity index (χ2v) is 5.21. The van der Waals surface area contributed by atoms with Crippen molar-refractivity contribution in [1.29, 1.82) is 0 Å². The van der Waals surface area contributed by atoms with Crippen LogP contribution in [0.5, 0.6) is 0 Å². The van der Waals surface area contributed by atoms with Crippen molar-refractivity contribution < 1.29 is 24.3 Å². The third-order valence-corrected chi connectivity index (χ3v) is 3.84. The SMILES string of the molecule is CC1=C(C(=O)O)C(c2cccc3onnc23)C(C(=O)O)=C(C)N1. The molecule has 1 aromatic carbocycles. The van der Waals surface area contributed by atoms with Crippen molar-refractivity contribution >= 4 is 23.0 Å². The highest BCUT2D eigenvalue weighted by Crippen LogP contribution is 2.40. The molecule has 0 atom stereocenters. The molecule has 0 saturated carbocycles. The summed E-state index contributed by atoms with van der Waals surface area (Å²) in [6.07, 6.45) is 0. The van der Waals surface area contributed by atoms with Gasteiger partial charge in [-0.15, -0.1) is 5.10 Å². The molecule has 2 heterocycles. The zero-order chi connectivity index (χ0) is 16.7. The van der Waals surface area contributed by atoms with Crippen molar-refractivity contribution in [2.24, 2.45) is 0 Å². The maximum absolute atomic E-state index is 11.7. The van der Waals surface area contributed by atoms with Gasteiger partial charge in [0.25, 0.3) is 0 Å². The molecule has 1 aromatic heterocycles. The van der Waals surface area contributed by atoms with Gasteiger partial charge in [-0.05, 0) is 25.5 Å². The highest BCUT2D eigenvalue weighted by Gasteiger charge is 2.37. The van der Waals surface area contributed by atoms with E-state index in [-0.39, 0.29) is 11.1 Å². The Kier molecular flexibility index (Phi) is 3.36. The first-order chi connectivity index (χ1) is 10.9. The van der Waals surface area contributed by atoms with E-state index in [1.165, 1.54) is 0 Å².